The largest absolute Gasteiger partial charge is 0.354 e. The van der Waals surface area contributed by atoms with Crippen LogP contribution in [0.2, 0.25) is 0 Å². The molecule has 6 heteroatoms. The van der Waals surface area contributed by atoms with E-state index >= 15 is 0 Å². The fraction of sp³-hybridized carbons (Fsp3) is 0.267. The van der Waals surface area contributed by atoms with Gasteiger partial charge in [-0.25, -0.2) is 4.39 Å². The zero-order valence-electron chi connectivity index (χ0n) is 20.5. The van der Waals surface area contributed by atoms with Crippen molar-refractivity contribution in [2.24, 2.45) is 0 Å². The highest BCUT2D eigenvalue weighted by Gasteiger charge is 2.23. The normalized spacial score (nSPS) is 14.2. The number of hydrogen-bond acceptors (Lipinski definition) is 2. The molecule has 0 spiro atoms. The summed E-state index contributed by atoms with van der Waals surface area (Å²) in [5, 5.41) is 0.812. The van der Waals surface area contributed by atoms with E-state index in [4.69, 9.17) is 0 Å². The molecule has 5 rings (SSSR count). The maximum absolute atomic E-state index is 14.1. The molecule has 0 unspecified atom stereocenters. The molecule has 0 saturated carbocycles. The number of carbonyl (C=O) groups excluding carboxylic acids is 2. The van der Waals surface area contributed by atoms with Crippen LogP contribution in [-0.2, 0) is 11.2 Å². The van der Waals surface area contributed by atoms with Crippen molar-refractivity contribution in [2.45, 2.75) is 26.2 Å². The lowest BCUT2D eigenvalue weighted by molar-refractivity contribution is -0.131. The van der Waals surface area contributed by atoms with E-state index < -0.39 is 0 Å². The molecule has 0 bridgehead atoms. The number of carbonyl (C=O) groups is 2. The third-order valence-electron chi connectivity index (χ3n) is 6.92. The molecule has 0 radical (unpaired) electrons. The highest BCUT2D eigenvalue weighted by molar-refractivity contribution is 5.94. The van der Waals surface area contributed by atoms with Crippen LogP contribution in [0, 0.1) is 12.7 Å². The molecule has 184 valence electrons. The molecule has 5 nitrogen and oxygen atoms in total. The first kappa shape index (κ1) is 23.8. The molecule has 1 aliphatic rings. The van der Waals surface area contributed by atoms with Crippen molar-refractivity contribution in [2.75, 3.05) is 26.2 Å². The summed E-state index contributed by atoms with van der Waals surface area (Å²) in [6, 6.07) is 22.3. The SMILES string of the molecule is Cc1cccc(C(=O)N2CCCN(C(=O)CCc3c(-c4ccccc4)[nH]c4ccc(F)cc34)CC2)c1. The highest BCUT2D eigenvalue weighted by Crippen LogP contribution is 2.32. The smallest absolute Gasteiger partial charge is 0.253 e. The molecular formula is C30H30FN3O2. The van der Waals surface area contributed by atoms with Crippen molar-refractivity contribution in [1.82, 2.24) is 14.8 Å². The Morgan fingerprint density at radius 3 is 2.47 bits per heavy atom. The number of aryl methyl sites for hydroxylation is 2. The molecule has 2 heterocycles. The minimum Gasteiger partial charge on any atom is -0.354 e. The second-order valence-electron chi connectivity index (χ2n) is 9.43. The fourth-order valence-electron chi connectivity index (χ4n) is 5.05. The molecule has 1 aliphatic heterocycles. The summed E-state index contributed by atoms with van der Waals surface area (Å²) in [5.41, 5.74) is 5.49. The Morgan fingerprint density at radius 2 is 1.67 bits per heavy atom. The van der Waals surface area contributed by atoms with Gasteiger partial charge in [-0.3, -0.25) is 9.59 Å². The Balaban J connectivity index is 1.29. The molecule has 0 aliphatic carbocycles. The monoisotopic (exact) mass is 483 g/mol. The summed E-state index contributed by atoms with van der Waals surface area (Å²) in [4.78, 5) is 33.3. The zero-order valence-corrected chi connectivity index (χ0v) is 20.5. The van der Waals surface area contributed by atoms with Crippen LogP contribution in [0.25, 0.3) is 22.2 Å². The molecule has 1 N–H and O–H groups in total. The first-order chi connectivity index (χ1) is 17.5. The van der Waals surface area contributed by atoms with E-state index in [0.29, 0.717) is 44.6 Å². The summed E-state index contributed by atoms with van der Waals surface area (Å²) >= 11 is 0. The number of rotatable bonds is 5. The molecule has 1 fully saturated rings. The standard InChI is InChI=1S/C30H30FN3O2/c1-21-7-5-10-23(19-21)30(36)34-16-6-15-33(17-18-34)28(35)14-12-25-26-20-24(31)11-13-27(26)32-29(25)22-8-3-2-4-9-22/h2-5,7-11,13,19-20,32H,6,12,14-18H2,1H3. The molecule has 1 aromatic heterocycles. The van der Waals surface area contributed by atoms with E-state index in [1.165, 1.54) is 6.07 Å². The Labute approximate surface area is 210 Å². The maximum atomic E-state index is 14.1. The lowest BCUT2D eigenvalue weighted by Gasteiger charge is -2.22. The third-order valence-corrected chi connectivity index (χ3v) is 6.92. The predicted molar refractivity (Wildman–Crippen MR) is 140 cm³/mol. The Bertz CT molecular complexity index is 1400. The van der Waals surface area contributed by atoms with Crippen LogP contribution in [0.5, 0.6) is 0 Å². The molecule has 36 heavy (non-hydrogen) atoms. The first-order valence-electron chi connectivity index (χ1n) is 12.5. The molecular weight excluding hydrogens is 453 g/mol. The lowest BCUT2D eigenvalue weighted by Crippen LogP contribution is -2.37. The second kappa shape index (κ2) is 10.4. The summed E-state index contributed by atoms with van der Waals surface area (Å²) in [6.07, 6.45) is 1.58. The van der Waals surface area contributed by atoms with Gasteiger partial charge in [-0.15, -0.1) is 0 Å². The van der Waals surface area contributed by atoms with Gasteiger partial charge >= 0.3 is 0 Å². The molecule has 3 aromatic carbocycles. The van der Waals surface area contributed by atoms with Crippen LogP contribution in [0.3, 0.4) is 0 Å². The van der Waals surface area contributed by atoms with Crippen LogP contribution in [0.15, 0.2) is 72.8 Å². The number of aromatic amines is 1. The van der Waals surface area contributed by atoms with Gasteiger partial charge in [0, 0.05) is 54.8 Å². The van der Waals surface area contributed by atoms with Crippen molar-refractivity contribution in [3.05, 3.63) is 95.3 Å². The van der Waals surface area contributed by atoms with Gasteiger partial charge in [0.25, 0.3) is 5.91 Å². The van der Waals surface area contributed by atoms with E-state index in [9.17, 15) is 14.0 Å². The average molecular weight is 484 g/mol. The van der Waals surface area contributed by atoms with E-state index in [1.54, 1.807) is 12.1 Å². The number of hydrogen-bond donors (Lipinski definition) is 1. The second-order valence-corrected chi connectivity index (χ2v) is 9.43. The molecule has 1 saturated heterocycles. The van der Waals surface area contributed by atoms with Crippen LogP contribution >= 0.6 is 0 Å². The fourth-order valence-corrected chi connectivity index (χ4v) is 5.05. The van der Waals surface area contributed by atoms with Crippen molar-refractivity contribution in [3.63, 3.8) is 0 Å². The van der Waals surface area contributed by atoms with Crippen molar-refractivity contribution in [3.8, 4) is 11.3 Å². The van der Waals surface area contributed by atoms with Crippen LogP contribution in [0.4, 0.5) is 4.39 Å². The Kier molecular flexibility index (Phi) is 6.85. The topological polar surface area (TPSA) is 56.4 Å². The Morgan fingerprint density at radius 1 is 0.889 bits per heavy atom. The minimum absolute atomic E-state index is 0.0151. The van der Waals surface area contributed by atoms with E-state index in [2.05, 4.69) is 4.98 Å². The molecule has 0 atom stereocenters. The summed E-state index contributed by atoms with van der Waals surface area (Å²) in [5.74, 6) is -0.217. The predicted octanol–water partition coefficient (Wildman–Crippen LogP) is 5.59. The number of halogens is 1. The third kappa shape index (κ3) is 5.03. The van der Waals surface area contributed by atoms with Gasteiger partial charge in [0.2, 0.25) is 5.91 Å². The van der Waals surface area contributed by atoms with Crippen LogP contribution < -0.4 is 0 Å². The van der Waals surface area contributed by atoms with Crippen molar-refractivity contribution in [1.29, 1.82) is 0 Å². The van der Waals surface area contributed by atoms with Gasteiger partial charge in [0.15, 0.2) is 0 Å². The number of benzene rings is 3. The van der Waals surface area contributed by atoms with Crippen molar-refractivity contribution >= 4 is 22.7 Å². The van der Waals surface area contributed by atoms with Gasteiger partial charge in [0.05, 0.1) is 0 Å². The minimum atomic E-state index is -0.292. The number of amides is 2. The van der Waals surface area contributed by atoms with Gasteiger partial charge in [-0.1, -0.05) is 48.0 Å². The van der Waals surface area contributed by atoms with Gasteiger partial charge < -0.3 is 14.8 Å². The van der Waals surface area contributed by atoms with Gasteiger partial charge in [-0.2, -0.15) is 0 Å². The van der Waals surface area contributed by atoms with Crippen LogP contribution in [0.1, 0.15) is 34.3 Å². The molecule has 4 aromatic rings. The molecule has 2 amide bonds. The number of H-pyrrole nitrogens is 1. The zero-order chi connectivity index (χ0) is 25.1. The Hall–Kier alpha value is -3.93. The van der Waals surface area contributed by atoms with E-state index in [1.807, 2.05) is 71.3 Å². The maximum Gasteiger partial charge on any atom is 0.253 e. The summed E-state index contributed by atoms with van der Waals surface area (Å²) in [6.45, 7) is 4.28. The number of aromatic nitrogens is 1. The number of fused-ring (bicyclic) bond motifs is 1. The van der Waals surface area contributed by atoms with Gasteiger partial charge in [0.1, 0.15) is 5.82 Å². The summed E-state index contributed by atoms with van der Waals surface area (Å²) < 4.78 is 14.1. The number of nitrogens with one attached hydrogen (secondary N) is 1. The van der Waals surface area contributed by atoms with Crippen LogP contribution in [-0.4, -0.2) is 52.8 Å². The quantitative estimate of drug-likeness (QED) is 0.402. The average Bonchev–Trinajstić information content (AvgIpc) is 3.06. The van der Waals surface area contributed by atoms with Gasteiger partial charge in [-0.05, 0) is 61.2 Å². The van der Waals surface area contributed by atoms with E-state index in [-0.39, 0.29) is 17.6 Å². The number of nitrogens with zero attached hydrogens (tertiary/aromatic N) is 2. The van der Waals surface area contributed by atoms with Crippen molar-refractivity contribution < 1.29 is 14.0 Å². The lowest BCUT2D eigenvalue weighted by atomic mass is 10.0. The highest BCUT2D eigenvalue weighted by atomic mass is 19.1. The van der Waals surface area contributed by atoms with E-state index in [0.717, 1.165) is 39.7 Å². The summed E-state index contributed by atoms with van der Waals surface area (Å²) in [7, 11) is 0. The first-order valence-corrected chi connectivity index (χ1v) is 12.5.